The van der Waals surface area contributed by atoms with Gasteiger partial charge in [0.2, 0.25) is 0 Å². The van der Waals surface area contributed by atoms with Gasteiger partial charge in [0.1, 0.15) is 5.84 Å². The van der Waals surface area contributed by atoms with E-state index >= 15 is 0 Å². The maximum Gasteiger partial charge on any atom is 0.140 e. The maximum absolute atomic E-state index is 8.72. The summed E-state index contributed by atoms with van der Waals surface area (Å²) in [5.41, 5.74) is 5.55. The number of oxime groups is 1. The second-order valence-electron chi connectivity index (χ2n) is 6.71. The molecule has 1 spiro atoms. The third-order valence-electron chi connectivity index (χ3n) is 4.43. The third kappa shape index (κ3) is 4.56. The fraction of sp³-hybridized carbons (Fsp3) is 0.933. The van der Waals surface area contributed by atoms with Crippen LogP contribution in [0.15, 0.2) is 5.16 Å². The van der Waals surface area contributed by atoms with Gasteiger partial charge in [0.25, 0.3) is 0 Å². The molecule has 0 saturated carbocycles. The Morgan fingerprint density at radius 3 is 2.90 bits per heavy atom. The van der Waals surface area contributed by atoms with Crippen molar-refractivity contribution in [2.75, 3.05) is 32.9 Å². The van der Waals surface area contributed by atoms with E-state index in [9.17, 15) is 0 Å². The fourth-order valence-corrected chi connectivity index (χ4v) is 3.38. The highest BCUT2D eigenvalue weighted by Gasteiger charge is 2.42. The molecule has 0 aromatic rings. The van der Waals surface area contributed by atoms with Gasteiger partial charge >= 0.3 is 0 Å². The first kappa shape index (κ1) is 16.5. The molecular formula is C15H29N3O3. The minimum absolute atomic E-state index is 0.0746. The second kappa shape index (κ2) is 7.42. The van der Waals surface area contributed by atoms with E-state index in [0.717, 1.165) is 52.2 Å². The molecular weight excluding hydrogens is 270 g/mol. The van der Waals surface area contributed by atoms with Gasteiger partial charge in [0, 0.05) is 45.2 Å². The number of amidine groups is 1. The first-order valence-electron chi connectivity index (χ1n) is 7.97. The molecule has 6 nitrogen and oxygen atoms in total. The summed E-state index contributed by atoms with van der Waals surface area (Å²) in [4.78, 5) is 2.48. The SMILES string of the molecule is CC(C)CN(CCC(N)=NO)C1CCOC2(CCOC2)C1. The van der Waals surface area contributed by atoms with Gasteiger partial charge in [-0.25, -0.2) is 0 Å². The van der Waals surface area contributed by atoms with Crippen LogP contribution in [0.5, 0.6) is 0 Å². The van der Waals surface area contributed by atoms with Crippen molar-refractivity contribution in [1.29, 1.82) is 0 Å². The molecule has 0 aromatic carbocycles. The molecule has 2 rings (SSSR count). The van der Waals surface area contributed by atoms with Crippen molar-refractivity contribution in [2.45, 2.75) is 51.2 Å². The van der Waals surface area contributed by atoms with Crippen LogP contribution in [-0.2, 0) is 9.47 Å². The standard InChI is InChI=1S/C15H29N3O3/c1-12(2)10-18(6-3-14(16)17-19)13-4-7-21-15(9-13)5-8-20-11-15/h12-13,19H,3-11H2,1-2H3,(H2,16,17). The van der Waals surface area contributed by atoms with Gasteiger partial charge in [-0.2, -0.15) is 0 Å². The Hall–Kier alpha value is -0.850. The van der Waals surface area contributed by atoms with Crippen LogP contribution < -0.4 is 5.73 Å². The molecule has 2 heterocycles. The Labute approximate surface area is 127 Å². The average Bonchev–Trinajstić information content (AvgIpc) is 2.90. The molecule has 0 aromatic heterocycles. The van der Waals surface area contributed by atoms with E-state index in [1.54, 1.807) is 0 Å². The smallest absolute Gasteiger partial charge is 0.140 e. The molecule has 2 atom stereocenters. The van der Waals surface area contributed by atoms with Gasteiger partial charge < -0.3 is 20.4 Å². The van der Waals surface area contributed by atoms with Crippen LogP contribution in [0.25, 0.3) is 0 Å². The van der Waals surface area contributed by atoms with Crippen molar-refractivity contribution < 1.29 is 14.7 Å². The lowest BCUT2D eigenvalue weighted by Gasteiger charge is -2.42. The molecule has 0 aliphatic carbocycles. The van der Waals surface area contributed by atoms with Crippen LogP contribution in [0, 0.1) is 5.92 Å². The normalized spacial score (nSPS) is 30.7. The monoisotopic (exact) mass is 299 g/mol. The van der Waals surface area contributed by atoms with Gasteiger partial charge in [0.15, 0.2) is 0 Å². The first-order chi connectivity index (χ1) is 10.0. The Balaban J connectivity index is 1.97. The molecule has 2 aliphatic heterocycles. The van der Waals surface area contributed by atoms with E-state index in [2.05, 4.69) is 23.9 Å². The molecule has 122 valence electrons. The zero-order chi connectivity index (χ0) is 15.3. The van der Waals surface area contributed by atoms with E-state index in [4.69, 9.17) is 20.4 Å². The molecule has 21 heavy (non-hydrogen) atoms. The lowest BCUT2D eigenvalue weighted by atomic mass is 9.88. The highest BCUT2D eigenvalue weighted by molar-refractivity contribution is 5.79. The predicted octanol–water partition coefficient (Wildman–Crippen LogP) is 1.42. The van der Waals surface area contributed by atoms with E-state index in [0.29, 0.717) is 24.2 Å². The summed E-state index contributed by atoms with van der Waals surface area (Å²) >= 11 is 0. The molecule has 0 bridgehead atoms. The molecule has 3 N–H and O–H groups in total. The third-order valence-corrected chi connectivity index (χ3v) is 4.43. The van der Waals surface area contributed by atoms with Gasteiger partial charge in [-0.1, -0.05) is 19.0 Å². The fourth-order valence-electron chi connectivity index (χ4n) is 3.38. The van der Waals surface area contributed by atoms with E-state index in [-0.39, 0.29) is 5.60 Å². The number of hydrogen-bond donors (Lipinski definition) is 2. The Morgan fingerprint density at radius 1 is 1.48 bits per heavy atom. The predicted molar refractivity (Wildman–Crippen MR) is 81.6 cm³/mol. The molecule has 2 saturated heterocycles. The van der Waals surface area contributed by atoms with Crippen LogP contribution in [-0.4, -0.2) is 60.5 Å². The largest absolute Gasteiger partial charge is 0.409 e. The Bertz CT molecular complexity index is 354. The van der Waals surface area contributed by atoms with Crippen molar-refractivity contribution >= 4 is 5.84 Å². The summed E-state index contributed by atoms with van der Waals surface area (Å²) in [6, 6.07) is 0.495. The lowest BCUT2D eigenvalue weighted by molar-refractivity contribution is -0.107. The summed E-state index contributed by atoms with van der Waals surface area (Å²) in [7, 11) is 0. The van der Waals surface area contributed by atoms with Crippen molar-refractivity contribution in [2.24, 2.45) is 16.8 Å². The molecule has 2 fully saturated rings. The summed E-state index contributed by atoms with van der Waals surface area (Å²) < 4.78 is 11.6. The maximum atomic E-state index is 8.72. The molecule has 6 heteroatoms. The number of ether oxygens (including phenoxy) is 2. The van der Waals surface area contributed by atoms with Gasteiger partial charge in [-0.05, 0) is 18.8 Å². The highest BCUT2D eigenvalue weighted by Crippen LogP contribution is 2.35. The zero-order valence-corrected chi connectivity index (χ0v) is 13.3. The number of nitrogens with two attached hydrogens (primary N) is 1. The number of hydrogen-bond acceptors (Lipinski definition) is 5. The van der Waals surface area contributed by atoms with Crippen LogP contribution in [0.4, 0.5) is 0 Å². The summed E-state index contributed by atoms with van der Waals surface area (Å²) in [5.74, 6) is 0.894. The first-order valence-corrected chi connectivity index (χ1v) is 7.97. The van der Waals surface area contributed by atoms with Crippen LogP contribution >= 0.6 is 0 Å². The van der Waals surface area contributed by atoms with Crippen LogP contribution in [0.1, 0.15) is 39.5 Å². The topological polar surface area (TPSA) is 80.3 Å². The van der Waals surface area contributed by atoms with Gasteiger partial charge in [-0.15, -0.1) is 0 Å². The van der Waals surface area contributed by atoms with E-state index < -0.39 is 0 Å². The van der Waals surface area contributed by atoms with Crippen LogP contribution in [0.3, 0.4) is 0 Å². The van der Waals surface area contributed by atoms with Gasteiger partial charge in [0.05, 0.1) is 12.2 Å². The minimum atomic E-state index is -0.0746. The average molecular weight is 299 g/mol. The highest BCUT2D eigenvalue weighted by atomic mass is 16.6. The summed E-state index contributed by atoms with van der Waals surface area (Å²) in [6.07, 6.45) is 3.67. The lowest BCUT2D eigenvalue weighted by Crippen LogP contribution is -2.50. The quantitative estimate of drug-likeness (QED) is 0.335. The number of nitrogens with zero attached hydrogens (tertiary/aromatic N) is 2. The molecule has 2 aliphatic rings. The Kier molecular flexibility index (Phi) is 5.84. The number of rotatable bonds is 6. The molecule has 0 radical (unpaired) electrons. The molecule has 0 amide bonds. The summed E-state index contributed by atoms with van der Waals surface area (Å²) in [6.45, 7) is 8.64. The summed E-state index contributed by atoms with van der Waals surface area (Å²) in [5, 5.41) is 11.8. The Morgan fingerprint density at radius 2 is 2.29 bits per heavy atom. The van der Waals surface area contributed by atoms with E-state index in [1.165, 1.54) is 0 Å². The van der Waals surface area contributed by atoms with Crippen molar-refractivity contribution in [1.82, 2.24) is 4.90 Å². The van der Waals surface area contributed by atoms with E-state index in [1.807, 2.05) is 0 Å². The second-order valence-corrected chi connectivity index (χ2v) is 6.71. The molecule has 2 unspecified atom stereocenters. The minimum Gasteiger partial charge on any atom is -0.409 e. The van der Waals surface area contributed by atoms with Gasteiger partial charge in [-0.3, -0.25) is 4.90 Å². The van der Waals surface area contributed by atoms with Crippen LogP contribution in [0.2, 0.25) is 0 Å². The zero-order valence-electron chi connectivity index (χ0n) is 13.3. The van der Waals surface area contributed by atoms with Crippen molar-refractivity contribution in [3.63, 3.8) is 0 Å². The van der Waals surface area contributed by atoms with Crippen molar-refractivity contribution in [3.05, 3.63) is 0 Å². The van der Waals surface area contributed by atoms with Crippen molar-refractivity contribution in [3.8, 4) is 0 Å².